The van der Waals surface area contributed by atoms with Crippen molar-refractivity contribution in [1.82, 2.24) is 5.32 Å². The minimum absolute atomic E-state index is 0.0176. The van der Waals surface area contributed by atoms with Crippen molar-refractivity contribution in [2.45, 2.75) is 37.5 Å². The summed E-state index contributed by atoms with van der Waals surface area (Å²) in [7, 11) is 7.25. The first-order valence-corrected chi connectivity index (χ1v) is 5.93. The van der Waals surface area contributed by atoms with Crippen molar-refractivity contribution in [3.05, 3.63) is 0 Å². The van der Waals surface area contributed by atoms with E-state index in [9.17, 15) is 9.90 Å². The van der Waals surface area contributed by atoms with Crippen molar-refractivity contribution in [3.8, 4) is 0 Å². The molecule has 0 aromatic heterocycles. The Balaban J connectivity index is 2.84. The summed E-state index contributed by atoms with van der Waals surface area (Å²) in [5.41, 5.74) is 4.83. The third-order valence-electron chi connectivity index (χ3n) is 3.92. The van der Waals surface area contributed by atoms with E-state index in [4.69, 9.17) is 13.6 Å². The van der Waals surface area contributed by atoms with Gasteiger partial charge in [0, 0.05) is 5.92 Å². The van der Waals surface area contributed by atoms with Gasteiger partial charge in [-0.15, -0.1) is 0 Å². The largest absolute Gasteiger partial charge is 0.480 e. The number of hydrogen-bond donors (Lipinski definition) is 3. The van der Waals surface area contributed by atoms with Crippen LogP contribution >= 0.6 is 0 Å². The number of hydrogen-bond acceptors (Lipinski definition) is 3. The lowest BCUT2D eigenvalue weighted by Gasteiger charge is -2.43. The van der Waals surface area contributed by atoms with Crippen LogP contribution in [0.15, 0.2) is 0 Å². The molecule has 2 unspecified atom stereocenters. The maximum atomic E-state index is 11.5. The van der Waals surface area contributed by atoms with Crippen LogP contribution in [0.4, 0.5) is 0 Å². The van der Waals surface area contributed by atoms with E-state index in [1.165, 1.54) is 0 Å². The Morgan fingerprint density at radius 1 is 1.62 bits per heavy atom. The Kier molecular flexibility index (Phi) is 4.80. The molecule has 0 aromatic carbocycles. The zero-order chi connectivity index (χ0) is 12.2. The van der Waals surface area contributed by atoms with E-state index in [2.05, 4.69) is 5.32 Å². The molecule has 3 atom stereocenters. The van der Waals surface area contributed by atoms with E-state index in [0.29, 0.717) is 25.2 Å². The summed E-state index contributed by atoms with van der Waals surface area (Å²) < 4.78 is 0. The quantitative estimate of drug-likeness (QED) is 0.590. The number of carboxylic acid groups (broad SMARTS) is 1. The first-order valence-electron chi connectivity index (χ1n) is 5.93. The van der Waals surface area contributed by atoms with E-state index in [1.54, 1.807) is 7.05 Å². The van der Waals surface area contributed by atoms with Gasteiger partial charge in [-0.1, -0.05) is 12.7 Å². The molecule has 0 saturated heterocycles. The van der Waals surface area contributed by atoms with Crippen LogP contribution in [0.1, 0.15) is 25.7 Å². The van der Waals surface area contributed by atoms with Gasteiger partial charge in [-0.25, -0.2) is 0 Å². The number of nitrogens with one attached hydrogen (secondary N) is 1. The molecule has 1 aliphatic carbocycles. The highest BCUT2D eigenvalue weighted by molar-refractivity contribution is 6.08. The van der Waals surface area contributed by atoms with Gasteiger partial charge in [-0.2, -0.15) is 0 Å². The molecule has 2 radical (unpaired) electrons. The molecule has 0 aromatic rings. The second kappa shape index (κ2) is 5.68. The fourth-order valence-electron chi connectivity index (χ4n) is 2.88. The molecule has 0 heterocycles. The van der Waals surface area contributed by atoms with Gasteiger partial charge in [0.25, 0.3) is 0 Å². The van der Waals surface area contributed by atoms with Crippen LogP contribution in [0.5, 0.6) is 0 Å². The number of aliphatic carboxylic acids is 1. The van der Waals surface area contributed by atoms with Crippen LogP contribution < -0.4 is 11.1 Å². The van der Waals surface area contributed by atoms with Gasteiger partial charge in [-0.05, 0) is 38.8 Å². The fraction of sp³-hybridized carbons (Fsp3) is 0.909. The fourth-order valence-corrected chi connectivity index (χ4v) is 2.88. The molecule has 0 spiro atoms. The van der Waals surface area contributed by atoms with Gasteiger partial charge in [0.1, 0.15) is 5.54 Å². The maximum Gasteiger partial charge on any atom is 0.324 e. The molecular weight excluding hydrogens is 203 g/mol. The van der Waals surface area contributed by atoms with Crippen LogP contribution in [0.3, 0.4) is 0 Å². The van der Waals surface area contributed by atoms with Crippen molar-refractivity contribution >= 4 is 13.8 Å². The standard InChI is InChI=1S/C11H21BN2O2/c1-14-11(10(15)16)6-8(4-5-12)2-3-9(11)7-13/h8-9,14H,2-7,13H2,1H3,(H,15,16)/t8-,9?,11?/m0/s1. The molecule has 0 amide bonds. The highest BCUT2D eigenvalue weighted by Gasteiger charge is 2.47. The molecule has 0 aliphatic heterocycles. The number of likely N-dealkylation sites (N-methyl/N-ethyl adjacent to an activating group) is 1. The summed E-state index contributed by atoms with van der Waals surface area (Å²) in [6, 6.07) is 0. The van der Waals surface area contributed by atoms with Gasteiger partial charge in [-0.3, -0.25) is 4.79 Å². The number of rotatable bonds is 5. The predicted octanol–water partition coefficient (Wildman–Crippen LogP) is 0.381. The van der Waals surface area contributed by atoms with Gasteiger partial charge < -0.3 is 16.2 Å². The zero-order valence-electron chi connectivity index (χ0n) is 9.91. The first kappa shape index (κ1) is 13.5. The average molecular weight is 224 g/mol. The van der Waals surface area contributed by atoms with Crippen LogP contribution in [-0.2, 0) is 4.79 Å². The van der Waals surface area contributed by atoms with Gasteiger partial charge in [0.05, 0.1) is 7.85 Å². The van der Waals surface area contributed by atoms with Crippen LogP contribution in [-0.4, -0.2) is 38.1 Å². The topological polar surface area (TPSA) is 75.3 Å². The van der Waals surface area contributed by atoms with Crippen molar-refractivity contribution in [3.63, 3.8) is 0 Å². The molecule has 5 heteroatoms. The minimum atomic E-state index is -0.854. The lowest BCUT2D eigenvalue weighted by molar-refractivity contribution is -0.150. The lowest BCUT2D eigenvalue weighted by Crippen LogP contribution is -2.60. The summed E-state index contributed by atoms with van der Waals surface area (Å²) in [6.07, 6.45) is 4.06. The summed E-state index contributed by atoms with van der Waals surface area (Å²) in [5, 5.41) is 12.4. The average Bonchev–Trinajstić information content (AvgIpc) is 2.28. The highest BCUT2D eigenvalue weighted by Crippen LogP contribution is 2.38. The van der Waals surface area contributed by atoms with Gasteiger partial charge >= 0.3 is 5.97 Å². The van der Waals surface area contributed by atoms with Crippen LogP contribution in [0.2, 0.25) is 6.32 Å². The molecule has 4 N–H and O–H groups in total. The third-order valence-corrected chi connectivity index (χ3v) is 3.92. The van der Waals surface area contributed by atoms with Crippen molar-refractivity contribution in [2.75, 3.05) is 13.6 Å². The second-order valence-corrected chi connectivity index (χ2v) is 4.68. The van der Waals surface area contributed by atoms with E-state index >= 15 is 0 Å². The third kappa shape index (κ3) is 2.41. The molecule has 16 heavy (non-hydrogen) atoms. The molecule has 4 nitrogen and oxygen atoms in total. The summed E-state index contributed by atoms with van der Waals surface area (Å²) in [6.45, 7) is 0.419. The number of carboxylic acids is 1. The summed E-state index contributed by atoms with van der Waals surface area (Å²) >= 11 is 0. The number of nitrogens with two attached hydrogens (primary N) is 1. The molecule has 90 valence electrons. The van der Waals surface area contributed by atoms with Crippen LogP contribution in [0.25, 0.3) is 0 Å². The maximum absolute atomic E-state index is 11.5. The number of carbonyl (C=O) groups is 1. The highest BCUT2D eigenvalue weighted by atomic mass is 16.4. The first-order chi connectivity index (χ1) is 7.60. The van der Waals surface area contributed by atoms with Crippen molar-refractivity contribution in [1.29, 1.82) is 0 Å². The van der Waals surface area contributed by atoms with Gasteiger partial charge in [0.2, 0.25) is 0 Å². The minimum Gasteiger partial charge on any atom is -0.480 e. The molecule has 1 saturated carbocycles. The monoisotopic (exact) mass is 224 g/mol. The molecule has 0 bridgehead atoms. The smallest absolute Gasteiger partial charge is 0.324 e. The second-order valence-electron chi connectivity index (χ2n) is 4.68. The zero-order valence-corrected chi connectivity index (χ0v) is 9.91. The van der Waals surface area contributed by atoms with Gasteiger partial charge in [0.15, 0.2) is 0 Å². The van der Waals surface area contributed by atoms with Crippen molar-refractivity contribution < 1.29 is 9.90 Å². The Labute approximate surface area is 98.4 Å². The van der Waals surface area contributed by atoms with E-state index in [1.807, 2.05) is 0 Å². The molecule has 1 rings (SSSR count). The summed E-state index contributed by atoms with van der Waals surface area (Å²) in [5.74, 6) is -0.368. The van der Waals surface area contributed by atoms with E-state index < -0.39 is 11.5 Å². The van der Waals surface area contributed by atoms with E-state index in [-0.39, 0.29) is 5.92 Å². The Hall–Kier alpha value is -0.545. The molecule has 1 fully saturated rings. The predicted molar refractivity (Wildman–Crippen MR) is 64.5 cm³/mol. The SMILES string of the molecule is [B]CC[C@@H]1CCC(CN)C(NC)(C(=O)O)C1. The normalized spacial score (nSPS) is 34.9. The Morgan fingerprint density at radius 2 is 2.31 bits per heavy atom. The lowest BCUT2D eigenvalue weighted by atomic mass is 9.67. The Bertz CT molecular complexity index is 250. The Morgan fingerprint density at radius 3 is 2.75 bits per heavy atom. The molecular formula is C11H21BN2O2. The van der Waals surface area contributed by atoms with Crippen molar-refractivity contribution in [2.24, 2.45) is 17.6 Å². The summed E-state index contributed by atoms with van der Waals surface area (Å²) in [4.78, 5) is 11.5. The van der Waals surface area contributed by atoms with Crippen LogP contribution in [0, 0.1) is 11.8 Å². The van der Waals surface area contributed by atoms with E-state index in [0.717, 1.165) is 19.3 Å². The molecule has 1 aliphatic rings.